The van der Waals surface area contributed by atoms with Gasteiger partial charge in [0.15, 0.2) is 0 Å². The van der Waals surface area contributed by atoms with Gasteiger partial charge in [0.2, 0.25) is 0 Å². The van der Waals surface area contributed by atoms with Crippen molar-refractivity contribution in [3.63, 3.8) is 0 Å². The Bertz CT molecular complexity index is 37.8. The average molecular weight is 89.1 g/mol. The van der Waals surface area contributed by atoms with Gasteiger partial charge in [-0.3, -0.25) is 0 Å². The van der Waals surface area contributed by atoms with Crippen molar-refractivity contribution in [3.8, 4) is 0 Å². The maximum Gasteiger partial charge on any atom is 0.104 e. The van der Waals surface area contributed by atoms with Gasteiger partial charge < -0.3 is 4.74 Å². The van der Waals surface area contributed by atoms with Crippen molar-refractivity contribution < 1.29 is 4.74 Å². The number of nitrogens with zero attached hydrogens (tertiary/aromatic N) is 1. The zero-order valence-corrected chi connectivity index (χ0v) is 3.68. The summed E-state index contributed by atoms with van der Waals surface area (Å²) in [6.07, 6.45) is 0. The molecule has 0 saturated heterocycles. The van der Waals surface area contributed by atoms with Crippen molar-refractivity contribution >= 4 is 0 Å². The molecule has 0 unspecified atom stereocenters. The van der Waals surface area contributed by atoms with Crippen molar-refractivity contribution in [3.05, 3.63) is 4.91 Å². The van der Waals surface area contributed by atoms with Gasteiger partial charge >= 0.3 is 0 Å². The lowest BCUT2D eigenvalue weighted by Crippen LogP contribution is -1.89. The molecular formula is C3H7NO2. The molecule has 0 saturated carbocycles. The third-order valence-corrected chi connectivity index (χ3v) is 0.387. The fourth-order valence-corrected chi connectivity index (χ4v) is 0.129. The Hall–Kier alpha value is -0.440. The lowest BCUT2D eigenvalue weighted by Gasteiger charge is -1.83. The Morgan fingerprint density at radius 2 is 2.50 bits per heavy atom. The van der Waals surface area contributed by atoms with Crippen LogP contribution in [-0.4, -0.2) is 20.3 Å². The van der Waals surface area contributed by atoms with E-state index >= 15 is 0 Å². The van der Waals surface area contributed by atoms with Gasteiger partial charge in [0.05, 0.1) is 6.61 Å². The molecule has 0 aromatic heterocycles. The van der Waals surface area contributed by atoms with Crippen LogP contribution in [0.25, 0.3) is 0 Å². The average Bonchev–Trinajstić information content (AvgIpc) is 1.61. The van der Waals surface area contributed by atoms with Gasteiger partial charge in [-0.05, 0) is 0 Å². The summed E-state index contributed by atoms with van der Waals surface area (Å²) < 4.78 is 4.49. The van der Waals surface area contributed by atoms with Crippen LogP contribution in [0, 0.1) is 4.91 Å². The second-order valence-electron chi connectivity index (χ2n) is 0.846. The summed E-state index contributed by atoms with van der Waals surface area (Å²) in [7, 11) is 1.53. The summed E-state index contributed by atoms with van der Waals surface area (Å²) in [6.45, 7) is 0.694. The Labute approximate surface area is 36.3 Å². The van der Waals surface area contributed by atoms with Crippen LogP contribution in [0.15, 0.2) is 5.18 Å². The first-order valence-electron chi connectivity index (χ1n) is 1.70. The number of hydrogen-bond acceptors (Lipinski definition) is 3. The molecule has 0 aromatic carbocycles. The SMILES string of the molecule is COCCN=O. The summed E-state index contributed by atoms with van der Waals surface area (Å²) in [5.41, 5.74) is 0. The van der Waals surface area contributed by atoms with Crippen molar-refractivity contribution in [2.75, 3.05) is 20.3 Å². The van der Waals surface area contributed by atoms with E-state index in [2.05, 4.69) is 9.91 Å². The first kappa shape index (κ1) is 5.56. The second kappa shape index (κ2) is 4.56. The van der Waals surface area contributed by atoms with E-state index in [0.29, 0.717) is 6.61 Å². The zero-order chi connectivity index (χ0) is 4.83. The van der Waals surface area contributed by atoms with Gasteiger partial charge in [-0.25, -0.2) is 0 Å². The highest BCUT2D eigenvalue weighted by molar-refractivity contribution is 4.33. The number of nitroso groups, excluding NO2 is 1. The molecule has 0 aliphatic carbocycles. The largest absolute Gasteiger partial charge is 0.383 e. The smallest absolute Gasteiger partial charge is 0.104 e. The molecule has 0 fully saturated rings. The highest BCUT2D eigenvalue weighted by Gasteiger charge is 1.74. The third kappa shape index (κ3) is 3.56. The predicted molar refractivity (Wildman–Crippen MR) is 22.5 cm³/mol. The van der Waals surface area contributed by atoms with Gasteiger partial charge in [0, 0.05) is 7.11 Å². The molecule has 0 N–H and O–H groups in total. The van der Waals surface area contributed by atoms with Gasteiger partial charge in [-0.15, -0.1) is 0 Å². The number of hydrogen-bond donors (Lipinski definition) is 0. The summed E-state index contributed by atoms with van der Waals surface area (Å²) in [5, 5.41) is 2.55. The van der Waals surface area contributed by atoms with Crippen LogP contribution in [0.3, 0.4) is 0 Å². The van der Waals surface area contributed by atoms with E-state index in [1.54, 1.807) is 0 Å². The van der Waals surface area contributed by atoms with Crippen LogP contribution in [0.2, 0.25) is 0 Å². The lowest BCUT2D eigenvalue weighted by molar-refractivity contribution is 0.207. The molecule has 0 atom stereocenters. The monoisotopic (exact) mass is 89.0 g/mol. The zero-order valence-electron chi connectivity index (χ0n) is 3.68. The molecule has 0 aliphatic rings. The molecule has 36 valence electrons. The van der Waals surface area contributed by atoms with Gasteiger partial charge in [0.25, 0.3) is 0 Å². The maximum absolute atomic E-state index is 9.23. The van der Waals surface area contributed by atoms with Crippen LogP contribution >= 0.6 is 0 Å². The van der Waals surface area contributed by atoms with E-state index < -0.39 is 0 Å². The first-order chi connectivity index (χ1) is 2.91. The van der Waals surface area contributed by atoms with Crippen LogP contribution in [0.1, 0.15) is 0 Å². The van der Waals surface area contributed by atoms with Crippen molar-refractivity contribution in [2.45, 2.75) is 0 Å². The second-order valence-corrected chi connectivity index (χ2v) is 0.846. The van der Waals surface area contributed by atoms with Crippen molar-refractivity contribution in [1.29, 1.82) is 0 Å². The van der Waals surface area contributed by atoms with E-state index in [1.807, 2.05) is 0 Å². The molecule has 3 heteroatoms. The van der Waals surface area contributed by atoms with E-state index in [-0.39, 0.29) is 6.54 Å². The van der Waals surface area contributed by atoms with Crippen LogP contribution in [0.4, 0.5) is 0 Å². The van der Waals surface area contributed by atoms with Crippen LogP contribution in [0.5, 0.6) is 0 Å². The standard InChI is InChI=1S/C3H7NO2/c1-6-3-2-4-5/h2-3H2,1H3. The molecule has 0 aromatic rings. The Morgan fingerprint density at radius 1 is 1.83 bits per heavy atom. The fraction of sp³-hybridized carbons (Fsp3) is 1.00. The van der Waals surface area contributed by atoms with Crippen molar-refractivity contribution in [2.24, 2.45) is 5.18 Å². The van der Waals surface area contributed by atoms with Crippen LogP contribution < -0.4 is 0 Å². The number of ether oxygens (including phenoxy) is 1. The molecule has 6 heavy (non-hydrogen) atoms. The Balaban J connectivity index is 2.49. The highest BCUT2D eigenvalue weighted by atomic mass is 16.5. The van der Waals surface area contributed by atoms with Crippen molar-refractivity contribution in [1.82, 2.24) is 0 Å². The van der Waals surface area contributed by atoms with E-state index in [4.69, 9.17) is 0 Å². The minimum Gasteiger partial charge on any atom is -0.383 e. The van der Waals surface area contributed by atoms with E-state index in [9.17, 15) is 4.91 Å². The normalized spacial score (nSPS) is 8.17. The molecule has 0 aliphatic heterocycles. The Kier molecular flexibility index (Phi) is 4.23. The molecule has 0 amide bonds. The van der Waals surface area contributed by atoms with Gasteiger partial charge in [0.1, 0.15) is 6.54 Å². The Morgan fingerprint density at radius 3 is 2.67 bits per heavy atom. The topological polar surface area (TPSA) is 38.7 Å². The fourth-order valence-electron chi connectivity index (χ4n) is 0.129. The quantitative estimate of drug-likeness (QED) is 0.371. The van der Waals surface area contributed by atoms with Gasteiger partial charge in [-0.1, -0.05) is 5.18 Å². The molecule has 3 nitrogen and oxygen atoms in total. The van der Waals surface area contributed by atoms with Crippen LogP contribution in [-0.2, 0) is 4.74 Å². The molecule has 0 heterocycles. The minimum absolute atomic E-state index is 0.260. The molecule has 0 bridgehead atoms. The summed E-state index contributed by atoms with van der Waals surface area (Å²) in [5.74, 6) is 0. The summed E-state index contributed by atoms with van der Waals surface area (Å²) in [6, 6.07) is 0. The summed E-state index contributed by atoms with van der Waals surface area (Å²) in [4.78, 5) is 9.23. The number of methoxy groups -OCH3 is 1. The lowest BCUT2D eigenvalue weighted by atomic mass is 10.7. The van der Waals surface area contributed by atoms with E-state index in [0.717, 1.165) is 0 Å². The first-order valence-corrected chi connectivity index (χ1v) is 1.70. The molecule has 0 radical (unpaired) electrons. The summed E-state index contributed by atoms with van der Waals surface area (Å²) >= 11 is 0. The third-order valence-electron chi connectivity index (χ3n) is 0.387. The number of rotatable bonds is 3. The minimum atomic E-state index is 0.260. The molecular weight excluding hydrogens is 82.0 g/mol. The maximum atomic E-state index is 9.23. The highest BCUT2D eigenvalue weighted by Crippen LogP contribution is 1.65. The predicted octanol–water partition coefficient (Wildman–Crippen LogP) is 0.399. The molecule has 0 rings (SSSR count). The molecule has 0 spiro atoms. The van der Waals surface area contributed by atoms with Gasteiger partial charge in [-0.2, -0.15) is 4.91 Å². The van der Waals surface area contributed by atoms with E-state index in [1.165, 1.54) is 7.11 Å².